The van der Waals surface area contributed by atoms with E-state index >= 15 is 0 Å². The number of thiazole rings is 1. The van der Waals surface area contributed by atoms with Gasteiger partial charge in [-0.1, -0.05) is 0 Å². The summed E-state index contributed by atoms with van der Waals surface area (Å²) in [6, 6.07) is -1.24. The Kier molecular flexibility index (Phi) is 5.10. The molecule has 1 saturated heterocycles. The summed E-state index contributed by atoms with van der Waals surface area (Å²) in [6.07, 6.45) is 0. The average Bonchev–Trinajstić information content (AvgIpc) is 2.77. The Hall–Kier alpha value is -1.28. The van der Waals surface area contributed by atoms with Gasteiger partial charge in [0.05, 0.1) is 16.7 Å². The summed E-state index contributed by atoms with van der Waals surface area (Å²) in [5.74, 6) is 0.259. The lowest BCUT2D eigenvalue weighted by Crippen LogP contribution is -2.54. The third-order valence-electron chi connectivity index (χ3n) is 3.35. The fraction of sp³-hybridized carbons (Fsp3) is 0.615. The van der Waals surface area contributed by atoms with Crippen molar-refractivity contribution in [2.75, 3.05) is 18.1 Å². The number of nitrogens with one attached hydrogen (secondary N) is 1. The lowest BCUT2D eigenvalue weighted by molar-refractivity contribution is -0.141. The first-order valence-electron chi connectivity index (χ1n) is 6.71. The second-order valence-corrected chi connectivity index (χ2v) is 7.36. The van der Waals surface area contributed by atoms with Crippen LogP contribution in [0.5, 0.6) is 0 Å². The van der Waals surface area contributed by atoms with Gasteiger partial charge in [-0.15, -0.1) is 11.3 Å². The number of thioether (sulfide) groups is 1. The number of urea groups is 1. The SMILES string of the molecule is Cc1nc(C)c(C(C)NC(=O)N2CCSCC2C(=O)O)s1. The van der Waals surface area contributed by atoms with E-state index in [9.17, 15) is 14.7 Å². The molecule has 2 unspecified atom stereocenters. The van der Waals surface area contributed by atoms with Crippen LogP contribution in [0.15, 0.2) is 0 Å². The minimum Gasteiger partial charge on any atom is -0.480 e. The Morgan fingerprint density at radius 2 is 2.19 bits per heavy atom. The Labute approximate surface area is 131 Å². The number of rotatable bonds is 3. The number of carboxylic acid groups (broad SMARTS) is 1. The minimum absolute atomic E-state index is 0.173. The first-order valence-corrected chi connectivity index (χ1v) is 8.69. The van der Waals surface area contributed by atoms with Crippen LogP contribution < -0.4 is 5.32 Å². The van der Waals surface area contributed by atoms with E-state index in [1.54, 1.807) is 23.1 Å². The van der Waals surface area contributed by atoms with E-state index in [4.69, 9.17) is 0 Å². The van der Waals surface area contributed by atoms with Gasteiger partial charge >= 0.3 is 12.0 Å². The van der Waals surface area contributed by atoms with Gasteiger partial charge in [0.15, 0.2) is 0 Å². The zero-order valence-electron chi connectivity index (χ0n) is 12.3. The smallest absolute Gasteiger partial charge is 0.327 e. The van der Waals surface area contributed by atoms with E-state index < -0.39 is 12.0 Å². The standard InChI is InChI=1S/C13H19N3O3S2/c1-7-11(21-9(3)14-7)8(2)15-13(19)16-4-5-20-6-10(16)12(17)18/h8,10H,4-6H2,1-3H3,(H,15,19)(H,17,18). The Bertz CT molecular complexity index is 547. The zero-order chi connectivity index (χ0) is 15.6. The van der Waals surface area contributed by atoms with Crippen LogP contribution in [0.1, 0.15) is 28.5 Å². The van der Waals surface area contributed by atoms with E-state index in [2.05, 4.69) is 10.3 Å². The quantitative estimate of drug-likeness (QED) is 0.886. The molecule has 1 aliphatic rings. The van der Waals surface area contributed by atoms with Gasteiger partial charge in [0.2, 0.25) is 0 Å². The summed E-state index contributed by atoms with van der Waals surface area (Å²) in [6.45, 7) is 6.20. The average molecular weight is 329 g/mol. The van der Waals surface area contributed by atoms with Crippen molar-refractivity contribution in [1.29, 1.82) is 0 Å². The first-order chi connectivity index (χ1) is 9.90. The second-order valence-electron chi connectivity index (χ2n) is 4.98. The van der Waals surface area contributed by atoms with Crippen LogP contribution in [0, 0.1) is 13.8 Å². The van der Waals surface area contributed by atoms with Crippen LogP contribution in [0.2, 0.25) is 0 Å². The second kappa shape index (κ2) is 6.65. The van der Waals surface area contributed by atoms with E-state index in [0.717, 1.165) is 21.3 Å². The number of aryl methyl sites for hydroxylation is 2. The molecule has 116 valence electrons. The lowest BCUT2D eigenvalue weighted by Gasteiger charge is -2.33. The largest absolute Gasteiger partial charge is 0.480 e. The number of aliphatic carboxylic acids is 1. The van der Waals surface area contributed by atoms with E-state index in [-0.39, 0.29) is 12.1 Å². The van der Waals surface area contributed by atoms with Crippen LogP contribution in [0.3, 0.4) is 0 Å². The molecule has 0 aliphatic carbocycles. The normalized spacial score (nSPS) is 20.1. The first kappa shape index (κ1) is 16.1. The topological polar surface area (TPSA) is 82.5 Å². The minimum atomic E-state index is -0.949. The van der Waals surface area contributed by atoms with Crippen molar-refractivity contribution < 1.29 is 14.7 Å². The van der Waals surface area contributed by atoms with E-state index in [0.29, 0.717) is 12.3 Å². The number of amides is 2. The fourth-order valence-corrected chi connectivity index (χ4v) is 4.30. The van der Waals surface area contributed by atoms with Crippen molar-refractivity contribution in [1.82, 2.24) is 15.2 Å². The van der Waals surface area contributed by atoms with E-state index in [1.165, 1.54) is 4.90 Å². The zero-order valence-corrected chi connectivity index (χ0v) is 13.9. The van der Waals surface area contributed by atoms with Gasteiger partial charge in [-0.25, -0.2) is 14.6 Å². The molecular weight excluding hydrogens is 310 g/mol. The summed E-state index contributed by atoms with van der Waals surface area (Å²) >= 11 is 3.12. The van der Waals surface area contributed by atoms with Gasteiger partial charge in [0.25, 0.3) is 0 Å². The molecule has 8 heteroatoms. The molecule has 2 atom stereocenters. The van der Waals surface area contributed by atoms with Crippen molar-refractivity contribution in [2.45, 2.75) is 32.9 Å². The van der Waals surface area contributed by atoms with Gasteiger partial charge in [-0.3, -0.25) is 0 Å². The summed E-state index contributed by atoms with van der Waals surface area (Å²) < 4.78 is 0. The highest BCUT2D eigenvalue weighted by Gasteiger charge is 2.33. The molecule has 2 N–H and O–H groups in total. The molecule has 2 amide bonds. The number of hydrogen-bond acceptors (Lipinski definition) is 5. The van der Waals surface area contributed by atoms with E-state index in [1.807, 2.05) is 20.8 Å². The molecule has 21 heavy (non-hydrogen) atoms. The van der Waals surface area contributed by atoms with Crippen molar-refractivity contribution in [3.8, 4) is 0 Å². The van der Waals surface area contributed by atoms with Crippen molar-refractivity contribution in [2.24, 2.45) is 0 Å². The van der Waals surface area contributed by atoms with Crippen LogP contribution in [0.25, 0.3) is 0 Å². The molecule has 1 aromatic rings. The molecule has 0 spiro atoms. The summed E-state index contributed by atoms with van der Waals surface area (Å²) in [5.41, 5.74) is 0.911. The van der Waals surface area contributed by atoms with Crippen molar-refractivity contribution in [3.05, 3.63) is 15.6 Å². The highest BCUT2D eigenvalue weighted by Crippen LogP contribution is 2.25. The maximum atomic E-state index is 12.3. The van der Waals surface area contributed by atoms with Gasteiger partial charge < -0.3 is 15.3 Å². The molecule has 1 aliphatic heterocycles. The Balaban J connectivity index is 2.06. The fourth-order valence-electron chi connectivity index (χ4n) is 2.33. The molecule has 1 aromatic heterocycles. The molecule has 1 fully saturated rings. The number of carbonyl (C=O) groups excluding carboxylic acids is 1. The van der Waals surface area contributed by atoms with Crippen LogP contribution in [0.4, 0.5) is 4.79 Å². The Morgan fingerprint density at radius 3 is 2.76 bits per heavy atom. The highest BCUT2D eigenvalue weighted by atomic mass is 32.2. The third-order valence-corrected chi connectivity index (χ3v) is 5.63. The number of aromatic nitrogens is 1. The van der Waals surface area contributed by atoms with Crippen LogP contribution in [-0.2, 0) is 4.79 Å². The lowest BCUT2D eigenvalue weighted by atomic mass is 10.2. The Morgan fingerprint density at radius 1 is 1.48 bits per heavy atom. The number of carbonyl (C=O) groups is 2. The third kappa shape index (κ3) is 3.68. The summed E-state index contributed by atoms with van der Waals surface area (Å²) in [5, 5.41) is 13.1. The van der Waals surface area contributed by atoms with Crippen molar-refractivity contribution >= 4 is 35.1 Å². The maximum absolute atomic E-state index is 12.3. The van der Waals surface area contributed by atoms with Crippen molar-refractivity contribution in [3.63, 3.8) is 0 Å². The van der Waals surface area contributed by atoms with Gasteiger partial charge in [-0.2, -0.15) is 11.8 Å². The molecule has 0 radical (unpaired) electrons. The summed E-state index contributed by atoms with van der Waals surface area (Å²) in [4.78, 5) is 30.4. The van der Waals surface area contributed by atoms with Gasteiger partial charge in [-0.05, 0) is 20.8 Å². The molecule has 0 saturated carbocycles. The molecular formula is C13H19N3O3S2. The highest BCUT2D eigenvalue weighted by molar-refractivity contribution is 7.99. The number of hydrogen-bond donors (Lipinski definition) is 2. The van der Waals surface area contributed by atoms with Crippen LogP contribution in [-0.4, -0.2) is 51.1 Å². The van der Waals surface area contributed by atoms with Gasteiger partial charge in [0, 0.05) is 22.9 Å². The monoisotopic (exact) mass is 329 g/mol. The summed E-state index contributed by atoms with van der Waals surface area (Å²) in [7, 11) is 0. The molecule has 0 bridgehead atoms. The molecule has 2 heterocycles. The maximum Gasteiger partial charge on any atom is 0.327 e. The predicted octanol–water partition coefficient (Wildman–Crippen LogP) is 2.03. The molecule has 6 nitrogen and oxygen atoms in total. The van der Waals surface area contributed by atoms with Gasteiger partial charge in [0.1, 0.15) is 6.04 Å². The number of nitrogens with zero attached hydrogens (tertiary/aromatic N) is 2. The van der Waals surface area contributed by atoms with Crippen LogP contribution >= 0.6 is 23.1 Å². The molecule has 2 rings (SSSR count). The predicted molar refractivity (Wildman–Crippen MR) is 84.0 cm³/mol. The molecule has 0 aromatic carbocycles. The number of carboxylic acids is 1.